The summed E-state index contributed by atoms with van der Waals surface area (Å²) in [6.07, 6.45) is 4.20. The van der Waals surface area contributed by atoms with Gasteiger partial charge in [0.05, 0.1) is 6.54 Å². The van der Waals surface area contributed by atoms with Gasteiger partial charge in [0, 0.05) is 25.3 Å². The van der Waals surface area contributed by atoms with Crippen LogP contribution >= 0.6 is 0 Å². The number of benzene rings is 1. The lowest BCUT2D eigenvalue weighted by Crippen LogP contribution is -2.46. The van der Waals surface area contributed by atoms with Crippen LogP contribution in [0.4, 0.5) is 10.5 Å². The number of urea groups is 1. The van der Waals surface area contributed by atoms with E-state index in [1.807, 2.05) is 36.1 Å². The molecule has 0 radical (unpaired) electrons. The summed E-state index contributed by atoms with van der Waals surface area (Å²) in [5.74, 6) is -0.0899. The van der Waals surface area contributed by atoms with Crippen molar-refractivity contribution in [1.82, 2.24) is 15.1 Å². The molecule has 9 nitrogen and oxygen atoms in total. The molecule has 1 unspecified atom stereocenters. The van der Waals surface area contributed by atoms with Gasteiger partial charge in [0.1, 0.15) is 6.04 Å². The maximum absolute atomic E-state index is 13.1. The monoisotopic (exact) mass is 414 g/mol. The number of likely N-dealkylation sites (tertiary alicyclic amines) is 2. The summed E-state index contributed by atoms with van der Waals surface area (Å²) < 4.78 is 0. The van der Waals surface area contributed by atoms with Crippen molar-refractivity contribution in [2.45, 2.75) is 45.1 Å². The second-order valence-corrected chi connectivity index (χ2v) is 7.82. The van der Waals surface area contributed by atoms with Gasteiger partial charge in [0.2, 0.25) is 17.8 Å². The highest BCUT2D eigenvalue weighted by atomic mass is 16.2. The first-order chi connectivity index (χ1) is 14.4. The highest BCUT2D eigenvalue weighted by molar-refractivity contribution is 6.04. The first-order valence-electron chi connectivity index (χ1n) is 10.5. The Kier molecular flexibility index (Phi) is 7.26. The first kappa shape index (κ1) is 21.6. The lowest BCUT2D eigenvalue weighted by atomic mass is 10.1. The number of anilines is 1. The lowest BCUT2D eigenvalue weighted by Gasteiger charge is -2.25. The van der Waals surface area contributed by atoms with Gasteiger partial charge in [-0.2, -0.15) is 0 Å². The summed E-state index contributed by atoms with van der Waals surface area (Å²) >= 11 is 0. The standard InChI is InChI=1S/C21H30N6O3/c1-15-7-6-8-16(13-15)23-21(25-20(22)30)24-17-9-2-3-12-27(19(17)29)14-18(28)26-10-4-5-11-26/h6-8,13,17H,2-5,9-12,14H2,1H3,(H4,22,23,24,25,30). The highest BCUT2D eigenvalue weighted by Gasteiger charge is 2.30. The van der Waals surface area contributed by atoms with Gasteiger partial charge < -0.3 is 20.9 Å². The normalized spacial score (nSPS) is 20.1. The lowest BCUT2D eigenvalue weighted by molar-refractivity contribution is -0.140. The van der Waals surface area contributed by atoms with Crippen LogP contribution in [0.1, 0.15) is 37.7 Å². The van der Waals surface area contributed by atoms with E-state index in [-0.39, 0.29) is 24.3 Å². The number of nitrogens with zero attached hydrogens (tertiary/aromatic N) is 3. The van der Waals surface area contributed by atoms with Crippen LogP contribution in [-0.4, -0.2) is 65.8 Å². The molecular formula is C21H30N6O3. The Labute approximate surface area is 176 Å². The van der Waals surface area contributed by atoms with Gasteiger partial charge in [-0.1, -0.05) is 12.1 Å². The molecule has 2 aliphatic rings. The number of primary amides is 1. The molecule has 1 aromatic rings. The van der Waals surface area contributed by atoms with Gasteiger partial charge >= 0.3 is 6.03 Å². The average Bonchev–Trinajstić information content (AvgIpc) is 3.17. The van der Waals surface area contributed by atoms with Gasteiger partial charge in [-0.05, 0) is 56.7 Å². The molecule has 1 aromatic carbocycles. The topological polar surface area (TPSA) is 120 Å². The second kappa shape index (κ2) is 10.1. The van der Waals surface area contributed by atoms with Crippen LogP contribution in [0.15, 0.2) is 29.3 Å². The van der Waals surface area contributed by atoms with E-state index in [0.29, 0.717) is 13.0 Å². The van der Waals surface area contributed by atoms with Crippen LogP contribution in [0.25, 0.3) is 0 Å². The number of aryl methyl sites for hydroxylation is 1. The molecule has 1 atom stereocenters. The third-order valence-electron chi connectivity index (χ3n) is 5.34. The van der Waals surface area contributed by atoms with E-state index in [4.69, 9.17) is 5.73 Å². The molecular weight excluding hydrogens is 384 g/mol. The molecule has 4 amide bonds. The Morgan fingerprint density at radius 1 is 1.17 bits per heavy atom. The van der Waals surface area contributed by atoms with Crippen molar-refractivity contribution < 1.29 is 14.4 Å². The first-order valence-corrected chi connectivity index (χ1v) is 10.5. The number of amides is 4. The fourth-order valence-corrected chi connectivity index (χ4v) is 3.82. The minimum atomic E-state index is -0.768. The number of aliphatic imine (C=N–C) groups is 1. The van der Waals surface area contributed by atoms with Crippen molar-refractivity contribution >= 4 is 29.5 Å². The predicted molar refractivity (Wildman–Crippen MR) is 115 cm³/mol. The Balaban J connectivity index is 1.74. The summed E-state index contributed by atoms with van der Waals surface area (Å²) in [5.41, 5.74) is 7.06. The summed E-state index contributed by atoms with van der Waals surface area (Å²) in [6.45, 7) is 4.09. The van der Waals surface area contributed by atoms with Crippen LogP contribution in [0, 0.1) is 6.92 Å². The number of nitrogens with one attached hydrogen (secondary N) is 2. The third-order valence-corrected chi connectivity index (χ3v) is 5.34. The van der Waals surface area contributed by atoms with Crippen LogP contribution in [-0.2, 0) is 9.59 Å². The molecule has 2 aliphatic heterocycles. The molecule has 0 saturated carbocycles. The Morgan fingerprint density at radius 3 is 2.60 bits per heavy atom. The number of hydrogen-bond donors (Lipinski definition) is 3. The molecule has 2 saturated heterocycles. The molecule has 2 fully saturated rings. The number of nitrogens with two attached hydrogens (primary N) is 1. The molecule has 0 spiro atoms. The van der Waals surface area contributed by atoms with Crippen molar-refractivity contribution in [1.29, 1.82) is 0 Å². The van der Waals surface area contributed by atoms with Crippen molar-refractivity contribution in [2.75, 3.05) is 31.5 Å². The maximum atomic E-state index is 13.1. The fraction of sp³-hybridized carbons (Fsp3) is 0.524. The van der Waals surface area contributed by atoms with Crippen LogP contribution in [0.5, 0.6) is 0 Å². The van der Waals surface area contributed by atoms with E-state index >= 15 is 0 Å². The van der Waals surface area contributed by atoms with Gasteiger partial charge in [-0.3, -0.25) is 14.9 Å². The Morgan fingerprint density at radius 2 is 1.90 bits per heavy atom. The highest BCUT2D eigenvalue weighted by Crippen LogP contribution is 2.17. The summed E-state index contributed by atoms with van der Waals surface area (Å²) in [4.78, 5) is 45.0. The Bertz CT molecular complexity index is 819. The van der Waals surface area contributed by atoms with Gasteiger partial charge in [0.25, 0.3) is 0 Å². The molecule has 9 heteroatoms. The summed E-state index contributed by atoms with van der Waals surface area (Å²) in [5, 5.41) is 5.50. The number of carbonyl (C=O) groups is 3. The minimum absolute atomic E-state index is 0.0150. The molecule has 162 valence electrons. The number of guanidine groups is 1. The van der Waals surface area contributed by atoms with Crippen LogP contribution < -0.4 is 16.4 Å². The van der Waals surface area contributed by atoms with Crippen molar-refractivity contribution in [3.8, 4) is 0 Å². The number of hydrogen-bond acceptors (Lipinski definition) is 4. The van der Waals surface area contributed by atoms with Crippen LogP contribution in [0.3, 0.4) is 0 Å². The predicted octanol–water partition coefficient (Wildman–Crippen LogP) is 1.43. The third kappa shape index (κ3) is 5.95. The maximum Gasteiger partial charge on any atom is 0.318 e. The molecule has 3 rings (SSSR count). The van der Waals surface area contributed by atoms with Crippen molar-refractivity contribution in [3.05, 3.63) is 29.8 Å². The number of carbonyl (C=O) groups excluding carboxylic acids is 3. The van der Waals surface area contributed by atoms with Gasteiger partial charge in [-0.15, -0.1) is 0 Å². The summed E-state index contributed by atoms with van der Waals surface area (Å²) in [7, 11) is 0. The van der Waals surface area contributed by atoms with E-state index < -0.39 is 12.1 Å². The smallest absolute Gasteiger partial charge is 0.318 e. The zero-order valence-electron chi connectivity index (χ0n) is 17.4. The van der Waals surface area contributed by atoms with E-state index in [0.717, 1.165) is 50.0 Å². The van der Waals surface area contributed by atoms with Crippen LogP contribution in [0.2, 0.25) is 0 Å². The molecule has 2 heterocycles. The summed E-state index contributed by atoms with van der Waals surface area (Å²) in [6, 6.07) is 6.11. The van der Waals surface area contributed by atoms with Crippen molar-refractivity contribution in [3.63, 3.8) is 0 Å². The van der Waals surface area contributed by atoms with Crippen molar-refractivity contribution in [2.24, 2.45) is 10.7 Å². The quantitative estimate of drug-likeness (QED) is 0.510. The molecule has 0 bridgehead atoms. The Hall–Kier alpha value is -3.10. The van der Waals surface area contributed by atoms with Gasteiger partial charge in [-0.25, -0.2) is 9.79 Å². The zero-order valence-corrected chi connectivity index (χ0v) is 17.4. The largest absolute Gasteiger partial charge is 0.351 e. The second-order valence-electron chi connectivity index (χ2n) is 7.82. The molecule has 0 aromatic heterocycles. The molecule has 4 N–H and O–H groups in total. The van der Waals surface area contributed by atoms with E-state index in [1.54, 1.807) is 4.90 Å². The van der Waals surface area contributed by atoms with E-state index in [9.17, 15) is 14.4 Å². The minimum Gasteiger partial charge on any atom is -0.351 e. The zero-order chi connectivity index (χ0) is 21.5. The van der Waals surface area contributed by atoms with E-state index in [2.05, 4.69) is 15.6 Å². The average molecular weight is 415 g/mol. The van der Waals surface area contributed by atoms with E-state index in [1.165, 1.54) is 0 Å². The van der Waals surface area contributed by atoms with Gasteiger partial charge in [0.15, 0.2) is 0 Å². The SMILES string of the molecule is Cc1cccc(NC(=NC2CCCCN(CC(=O)N3CCCC3)C2=O)NC(N)=O)c1. The molecule has 30 heavy (non-hydrogen) atoms. The fourth-order valence-electron chi connectivity index (χ4n) is 3.82. The number of rotatable bonds is 4. The molecule has 0 aliphatic carbocycles.